The van der Waals surface area contributed by atoms with Gasteiger partial charge in [0.05, 0.1) is 34.0 Å². The molecular weight excluding hydrogens is 634 g/mol. The third kappa shape index (κ3) is 10.7. The van der Waals surface area contributed by atoms with Gasteiger partial charge in [0.15, 0.2) is 0 Å². The van der Waals surface area contributed by atoms with Crippen molar-refractivity contribution in [2.45, 2.75) is 58.5 Å². The highest BCUT2D eigenvalue weighted by Crippen LogP contribution is 2.48. The molecule has 0 saturated heterocycles. The number of para-hydroxylation sites is 4. The summed E-state index contributed by atoms with van der Waals surface area (Å²) in [6, 6.07) is 34.1. The van der Waals surface area contributed by atoms with Crippen LogP contribution in [-0.2, 0) is 4.74 Å². The number of unbranched alkanes of at least 4 members (excludes halogenated alkanes) is 3. The maximum atomic E-state index is 6.00. The van der Waals surface area contributed by atoms with Gasteiger partial charge in [0.25, 0.3) is 0 Å². The monoisotopic (exact) mass is 688 g/mol. The maximum absolute atomic E-state index is 6.00. The molecule has 0 N–H and O–H groups in total. The summed E-state index contributed by atoms with van der Waals surface area (Å²) in [6.45, 7) is 7.19. The fourth-order valence-corrected chi connectivity index (χ4v) is 12.0. The van der Waals surface area contributed by atoms with Crippen molar-refractivity contribution in [1.29, 1.82) is 0 Å². The summed E-state index contributed by atoms with van der Waals surface area (Å²) in [7, 11) is 5.50. The van der Waals surface area contributed by atoms with E-state index in [1.807, 2.05) is 0 Å². The third-order valence-electron chi connectivity index (χ3n) is 8.43. The van der Waals surface area contributed by atoms with Crippen LogP contribution in [0.15, 0.2) is 97.1 Å². The summed E-state index contributed by atoms with van der Waals surface area (Å²) in [5, 5.41) is 5.01. The molecule has 0 amide bonds. The van der Waals surface area contributed by atoms with Crippen LogP contribution in [0, 0.1) is 5.92 Å². The number of ether oxygens (including phenoxy) is 5. The molecule has 0 fully saturated rings. The SMILES string of the molecule is COc1ccccc1P(CC(CCCCCCOC(C)(C)C)CP(c1ccccc1OC)c1ccccc1OC)c1ccccc1OC. The van der Waals surface area contributed by atoms with Gasteiger partial charge in [-0.2, -0.15) is 0 Å². The molecule has 7 heteroatoms. The molecule has 0 atom stereocenters. The van der Waals surface area contributed by atoms with Crippen molar-refractivity contribution >= 4 is 37.1 Å². The predicted octanol–water partition coefficient (Wildman–Crippen LogP) is 8.67. The Kier molecular flexibility index (Phi) is 15.1. The van der Waals surface area contributed by atoms with Crippen molar-refractivity contribution in [3.05, 3.63) is 97.1 Å². The first kappa shape index (κ1) is 37.7. The Labute approximate surface area is 291 Å². The van der Waals surface area contributed by atoms with Gasteiger partial charge in [0.1, 0.15) is 23.0 Å². The van der Waals surface area contributed by atoms with E-state index in [1.54, 1.807) is 28.4 Å². The Morgan fingerprint density at radius 2 is 0.812 bits per heavy atom. The molecule has 4 aromatic carbocycles. The van der Waals surface area contributed by atoms with Gasteiger partial charge in [-0.15, -0.1) is 0 Å². The van der Waals surface area contributed by atoms with Crippen LogP contribution in [0.1, 0.15) is 52.9 Å². The molecular formula is C41H54O5P2. The molecule has 4 aromatic rings. The van der Waals surface area contributed by atoms with Crippen LogP contribution in [0.5, 0.6) is 23.0 Å². The summed E-state index contributed by atoms with van der Waals surface area (Å²) < 4.78 is 29.9. The largest absolute Gasteiger partial charge is 0.496 e. The molecule has 0 bridgehead atoms. The number of benzene rings is 4. The zero-order valence-electron chi connectivity index (χ0n) is 29.9. The molecule has 0 aliphatic carbocycles. The second-order valence-corrected chi connectivity index (χ2v) is 17.3. The van der Waals surface area contributed by atoms with E-state index in [-0.39, 0.29) is 5.60 Å². The van der Waals surface area contributed by atoms with E-state index in [1.165, 1.54) is 40.5 Å². The minimum Gasteiger partial charge on any atom is -0.496 e. The average molecular weight is 689 g/mol. The number of hydrogen-bond acceptors (Lipinski definition) is 5. The fraction of sp³-hybridized carbons (Fsp3) is 0.415. The first-order chi connectivity index (χ1) is 23.3. The number of rotatable bonds is 19. The van der Waals surface area contributed by atoms with E-state index in [9.17, 15) is 0 Å². The second-order valence-electron chi connectivity index (χ2n) is 12.9. The molecule has 4 rings (SSSR count). The van der Waals surface area contributed by atoms with E-state index in [0.717, 1.165) is 54.8 Å². The first-order valence-electron chi connectivity index (χ1n) is 17.0. The summed E-state index contributed by atoms with van der Waals surface area (Å²) in [5.74, 6) is 4.16. The zero-order valence-corrected chi connectivity index (χ0v) is 31.7. The highest BCUT2D eigenvalue weighted by Gasteiger charge is 2.29. The minimum absolute atomic E-state index is 0.0899. The lowest BCUT2D eigenvalue weighted by atomic mass is 10.0. The lowest BCUT2D eigenvalue weighted by Crippen LogP contribution is -2.26. The van der Waals surface area contributed by atoms with Crippen LogP contribution in [0.3, 0.4) is 0 Å². The minimum atomic E-state index is -0.800. The summed E-state index contributed by atoms with van der Waals surface area (Å²) in [6.07, 6.45) is 7.79. The van der Waals surface area contributed by atoms with E-state index >= 15 is 0 Å². The van der Waals surface area contributed by atoms with Gasteiger partial charge in [-0.3, -0.25) is 0 Å². The molecule has 48 heavy (non-hydrogen) atoms. The van der Waals surface area contributed by atoms with E-state index in [0.29, 0.717) is 5.92 Å². The topological polar surface area (TPSA) is 46.2 Å². The van der Waals surface area contributed by atoms with Crippen molar-refractivity contribution in [2.24, 2.45) is 5.92 Å². The third-order valence-corrected chi connectivity index (χ3v) is 14.0. The van der Waals surface area contributed by atoms with Gasteiger partial charge in [0.2, 0.25) is 0 Å². The van der Waals surface area contributed by atoms with E-state index < -0.39 is 15.8 Å². The molecule has 0 aliphatic heterocycles. The van der Waals surface area contributed by atoms with Gasteiger partial charge in [0, 0.05) is 27.8 Å². The van der Waals surface area contributed by atoms with Gasteiger partial charge in [-0.1, -0.05) is 92.1 Å². The summed E-state index contributed by atoms with van der Waals surface area (Å²) in [4.78, 5) is 0. The van der Waals surface area contributed by atoms with Crippen LogP contribution >= 0.6 is 15.8 Å². The van der Waals surface area contributed by atoms with Crippen molar-refractivity contribution < 1.29 is 23.7 Å². The Hall–Kier alpha value is -3.10. The Balaban J connectivity index is 1.73. The first-order valence-corrected chi connectivity index (χ1v) is 20.1. The standard InChI is InChI=1S/C41H54O5P2/c1-41(2,3)46-29-19-9-8-10-20-32(30-47(37-25-15-11-21-33(37)42-4)38-26-16-12-22-34(38)43-5)31-48(39-27-17-13-23-35(39)44-6)40-28-18-14-24-36(40)45-7/h11-18,21-28,32H,8-10,19-20,29-31H2,1-7H3. The van der Waals surface area contributed by atoms with Gasteiger partial charge < -0.3 is 23.7 Å². The Bertz CT molecular complexity index is 1340. The molecule has 0 heterocycles. The summed E-state index contributed by atoms with van der Waals surface area (Å²) in [5.41, 5.74) is -0.0899. The smallest absolute Gasteiger partial charge is 0.126 e. The van der Waals surface area contributed by atoms with Gasteiger partial charge in [-0.25, -0.2) is 0 Å². The zero-order chi connectivity index (χ0) is 34.4. The number of hydrogen-bond donors (Lipinski definition) is 0. The van der Waals surface area contributed by atoms with E-state index in [2.05, 4.69) is 118 Å². The second kappa shape index (κ2) is 19.2. The molecule has 0 aromatic heterocycles. The molecule has 5 nitrogen and oxygen atoms in total. The van der Waals surface area contributed by atoms with Crippen LogP contribution < -0.4 is 40.2 Å². The van der Waals surface area contributed by atoms with Crippen LogP contribution in [0.4, 0.5) is 0 Å². The quantitative estimate of drug-likeness (QED) is 0.0729. The number of methoxy groups -OCH3 is 4. The highest BCUT2D eigenvalue weighted by molar-refractivity contribution is 7.74. The molecule has 0 spiro atoms. The van der Waals surface area contributed by atoms with E-state index in [4.69, 9.17) is 23.7 Å². The highest BCUT2D eigenvalue weighted by atomic mass is 31.1. The molecule has 0 aliphatic rings. The molecule has 0 radical (unpaired) electrons. The van der Waals surface area contributed by atoms with Gasteiger partial charge in [-0.05, 0) is 92.0 Å². The van der Waals surface area contributed by atoms with Crippen LogP contribution in [0.2, 0.25) is 0 Å². The predicted molar refractivity (Wildman–Crippen MR) is 206 cm³/mol. The maximum Gasteiger partial charge on any atom is 0.126 e. The van der Waals surface area contributed by atoms with Crippen molar-refractivity contribution in [2.75, 3.05) is 47.4 Å². The lowest BCUT2D eigenvalue weighted by molar-refractivity contribution is -0.00476. The van der Waals surface area contributed by atoms with Crippen LogP contribution in [0.25, 0.3) is 0 Å². The molecule has 0 unspecified atom stereocenters. The summed E-state index contributed by atoms with van der Waals surface area (Å²) >= 11 is 0. The van der Waals surface area contributed by atoms with Crippen LogP contribution in [-0.4, -0.2) is 53.0 Å². The lowest BCUT2D eigenvalue weighted by Gasteiger charge is -2.31. The Morgan fingerprint density at radius 1 is 0.479 bits per heavy atom. The molecule has 0 saturated carbocycles. The Morgan fingerprint density at radius 3 is 1.15 bits per heavy atom. The van der Waals surface area contributed by atoms with Crippen molar-refractivity contribution in [3.8, 4) is 23.0 Å². The van der Waals surface area contributed by atoms with Gasteiger partial charge >= 0.3 is 0 Å². The van der Waals surface area contributed by atoms with Crippen molar-refractivity contribution in [1.82, 2.24) is 0 Å². The normalized spacial score (nSPS) is 11.7. The fourth-order valence-electron chi connectivity index (χ4n) is 6.09. The van der Waals surface area contributed by atoms with Crippen molar-refractivity contribution in [3.63, 3.8) is 0 Å². The molecule has 258 valence electrons. The average Bonchev–Trinajstić information content (AvgIpc) is 3.11.